The van der Waals surface area contributed by atoms with E-state index in [9.17, 15) is 0 Å². The summed E-state index contributed by atoms with van der Waals surface area (Å²) in [7, 11) is 0. The zero-order valence-electron chi connectivity index (χ0n) is 17.0. The van der Waals surface area contributed by atoms with E-state index in [-0.39, 0.29) is 0 Å². The maximum Gasteiger partial charge on any atom is 0.119 e. The Morgan fingerprint density at radius 1 is 0.760 bits per heavy atom. The third kappa shape index (κ3) is 10.5. The standard InChI is InChI=1S/C23H41NO/c1-4-7-9-11-12-13-19-24-23(6-3)21-15-17-22(18-16-21)25-20-14-10-8-5-2/h15-18,23-24H,4-14,19-20H2,1-3H3. The molecule has 0 aliphatic carbocycles. The molecule has 2 heteroatoms. The second kappa shape index (κ2) is 15.3. The first-order valence-corrected chi connectivity index (χ1v) is 10.8. The van der Waals surface area contributed by atoms with Gasteiger partial charge in [-0.2, -0.15) is 0 Å². The second-order valence-corrected chi connectivity index (χ2v) is 7.16. The molecule has 0 aromatic heterocycles. The number of ether oxygens (including phenoxy) is 1. The molecule has 0 saturated heterocycles. The minimum absolute atomic E-state index is 0.467. The molecular weight excluding hydrogens is 306 g/mol. The molecule has 0 fully saturated rings. The summed E-state index contributed by atoms with van der Waals surface area (Å²) in [6.45, 7) is 8.74. The molecule has 0 spiro atoms. The van der Waals surface area contributed by atoms with Crippen molar-refractivity contribution < 1.29 is 4.74 Å². The van der Waals surface area contributed by atoms with Gasteiger partial charge in [0.1, 0.15) is 5.75 Å². The summed E-state index contributed by atoms with van der Waals surface area (Å²) in [4.78, 5) is 0. The Hall–Kier alpha value is -1.02. The van der Waals surface area contributed by atoms with Crippen molar-refractivity contribution in [1.29, 1.82) is 0 Å². The van der Waals surface area contributed by atoms with Crippen LogP contribution in [0.4, 0.5) is 0 Å². The van der Waals surface area contributed by atoms with Crippen LogP contribution in [0.1, 0.15) is 103 Å². The number of nitrogens with one attached hydrogen (secondary N) is 1. The second-order valence-electron chi connectivity index (χ2n) is 7.16. The fourth-order valence-corrected chi connectivity index (χ4v) is 3.19. The molecular formula is C23H41NO. The van der Waals surface area contributed by atoms with Crippen LogP contribution in [0.15, 0.2) is 24.3 Å². The highest BCUT2D eigenvalue weighted by molar-refractivity contribution is 5.29. The Bertz CT molecular complexity index is 401. The Morgan fingerprint density at radius 3 is 2.00 bits per heavy atom. The van der Waals surface area contributed by atoms with E-state index in [4.69, 9.17) is 4.74 Å². The van der Waals surface area contributed by atoms with Gasteiger partial charge in [0.2, 0.25) is 0 Å². The van der Waals surface area contributed by atoms with E-state index in [1.54, 1.807) is 0 Å². The Balaban J connectivity index is 2.24. The van der Waals surface area contributed by atoms with E-state index in [1.165, 1.54) is 63.4 Å². The summed E-state index contributed by atoms with van der Waals surface area (Å²) >= 11 is 0. The van der Waals surface area contributed by atoms with Gasteiger partial charge < -0.3 is 10.1 Å². The van der Waals surface area contributed by atoms with Crippen molar-refractivity contribution in [2.24, 2.45) is 0 Å². The van der Waals surface area contributed by atoms with Gasteiger partial charge in [0.25, 0.3) is 0 Å². The van der Waals surface area contributed by atoms with Crippen LogP contribution in [-0.4, -0.2) is 13.2 Å². The number of benzene rings is 1. The van der Waals surface area contributed by atoms with Gasteiger partial charge in [-0.05, 0) is 43.5 Å². The quantitative estimate of drug-likeness (QED) is 0.324. The summed E-state index contributed by atoms with van der Waals surface area (Å²) in [6.07, 6.45) is 14.3. The lowest BCUT2D eigenvalue weighted by molar-refractivity contribution is 0.305. The number of rotatable bonds is 16. The van der Waals surface area contributed by atoms with Gasteiger partial charge in [-0.1, -0.05) is 84.3 Å². The lowest BCUT2D eigenvalue weighted by Gasteiger charge is -2.18. The molecule has 0 heterocycles. The minimum Gasteiger partial charge on any atom is -0.494 e. The van der Waals surface area contributed by atoms with E-state index in [2.05, 4.69) is 50.4 Å². The van der Waals surface area contributed by atoms with Crippen molar-refractivity contribution in [1.82, 2.24) is 5.32 Å². The summed E-state index contributed by atoms with van der Waals surface area (Å²) in [5, 5.41) is 3.72. The fraction of sp³-hybridized carbons (Fsp3) is 0.739. The van der Waals surface area contributed by atoms with Gasteiger partial charge in [0.05, 0.1) is 6.61 Å². The average Bonchev–Trinajstić information content (AvgIpc) is 2.65. The summed E-state index contributed by atoms with van der Waals surface area (Å²) in [5.74, 6) is 1.01. The van der Waals surface area contributed by atoms with Crippen molar-refractivity contribution in [2.75, 3.05) is 13.2 Å². The molecule has 1 unspecified atom stereocenters. The highest BCUT2D eigenvalue weighted by Crippen LogP contribution is 2.20. The average molecular weight is 348 g/mol. The van der Waals surface area contributed by atoms with E-state index >= 15 is 0 Å². The van der Waals surface area contributed by atoms with Crippen LogP contribution < -0.4 is 10.1 Å². The highest BCUT2D eigenvalue weighted by atomic mass is 16.5. The maximum absolute atomic E-state index is 5.85. The predicted octanol–water partition coefficient (Wildman–Crippen LogP) is 7.05. The van der Waals surface area contributed by atoms with Crippen molar-refractivity contribution in [3.05, 3.63) is 29.8 Å². The molecule has 144 valence electrons. The molecule has 0 amide bonds. The van der Waals surface area contributed by atoms with Crippen molar-refractivity contribution in [2.45, 2.75) is 97.4 Å². The number of hydrogen-bond donors (Lipinski definition) is 1. The topological polar surface area (TPSA) is 21.3 Å². The van der Waals surface area contributed by atoms with Crippen molar-refractivity contribution in [3.63, 3.8) is 0 Å². The molecule has 1 rings (SSSR count). The van der Waals surface area contributed by atoms with Crippen LogP contribution in [0.2, 0.25) is 0 Å². The molecule has 1 aromatic carbocycles. The smallest absolute Gasteiger partial charge is 0.119 e. The predicted molar refractivity (Wildman–Crippen MR) is 110 cm³/mol. The Labute approximate surface area is 156 Å². The molecule has 1 aromatic rings. The summed E-state index contributed by atoms with van der Waals surface area (Å²) in [6, 6.07) is 9.18. The van der Waals surface area contributed by atoms with E-state index in [0.29, 0.717) is 6.04 Å². The van der Waals surface area contributed by atoms with Crippen LogP contribution in [0.5, 0.6) is 5.75 Å². The first-order chi connectivity index (χ1) is 12.3. The zero-order valence-corrected chi connectivity index (χ0v) is 17.0. The molecule has 2 nitrogen and oxygen atoms in total. The first kappa shape index (κ1) is 22.0. The van der Waals surface area contributed by atoms with Crippen LogP contribution in [0.3, 0.4) is 0 Å². The monoisotopic (exact) mass is 347 g/mol. The molecule has 0 radical (unpaired) electrons. The summed E-state index contributed by atoms with van der Waals surface area (Å²) < 4.78 is 5.85. The molecule has 0 aliphatic rings. The van der Waals surface area contributed by atoms with E-state index in [0.717, 1.165) is 31.7 Å². The largest absolute Gasteiger partial charge is 0.494 e. The highest BCUT2D eigenvalue weighted by Gasteiger charge is 2.08. The molecule has 0 saturated carbocycles. The maximum atomic E-state index is 5.85. The SMILES string of the molecule is CCCCCCCCNC(CC)c1ccc(OCCCCCC)cc1. The van der Waals surface area contributed by atoms with Crippen LogP contribution >= 0.6 is 0 Å². The molecule has 1 N–H and O–H groups in total. The zero-order chi connectivity index (χ0) is 18.2. The van der Waals surface area contributed by atoms with Gasteiger partial charge in [-0.25, -0.2) is 0 Å². The van der Waals surface area contributed by atoms with Gasteiger partial charge >= 0.3 is 0 Å². The molecule has 0 aliphatic heterocycles. The fourth-order valence-electron chi connectivity index (χ4n) is 3.19. The van der Waals surface area contributed by atoms with Crippen LogP contribution in [0, 0.1) is 0 Å². The number of unbranched alkanes of at least 4 members (excludes halogenated alkanes) is 8. The van der Waals surface area contributed by atoms with Crippen molar-refractivity contribution in [3.8, 4) is 5.75 Å². The lowest BCUT2D eigenvalue weighted by Crippen LogP contribution is -2.21. The molecule has 25 heavy (non-hydrogen) atoms. The van der Waals surface area contributed by atoms with E-state index in [1.807, 2.05) is 0 Å². The number of hydrogen-bond acceptors (Lipinski definition) is 2. The molecule has 1 atom stereocenters. The summed E-state index contributed by atoms with van der Waals surface area (Å²) in [5.41, 5.74) is 1.38. The van der Waals surface area contributed by atoms with Gasteiger partial charge in [0.15, 0.2) is 0 Å². The van der Waals surface area contributed by atoms with Gasteiger partial charge in [0, 0.05) is 6.04 Å². The van der Waals surface area contributed by atoms with Crippen LogP contribution in [0.25, 0.3) is 0 Å². The minimum atomic E-state index is 0.467. The first-order valence-electron chi connectivity index (χ1n) is 10.8. The molecule has 0 bridgehead atoms. The van der Waals surface area contributed by atoms with Gasteiger partial charge in [-0.3, -0.25) is 0 Å². The lowest BCUT2D eigenvalue weighted by atomic mass is 10.0. The normalized spacial score (nSPS) is 12.3. The van der Waals surface area contributed by atoms with Gasteiger partial charge in [-0.15, -0.1) is 0 Å². The Morgan fingerprint density at radius 2 is 1.36 bits per heavy atom. The third-order valence-corrected chi connectivity index (χ3v) is 4.88. The Kier molecular flexibility index (Phi) is 13.4. The van der Waals surface area contributed by atoms with Crippen LogP contribution in [-0.2, 0) is 0 Å². The van der Waals surface area contributed by atoms with Crippen molar-refractivity contribution >= 4 is 0 Å². The third-order valence-electron chi connectivity index (χ3n) is 4.88. The van der Waals surface area contributed by atoms with E-state index < -0.39 is 0 Å².